The number of amides is 3. The normalized spacial score (nSPS) is 17.3. The van der Waals surface area contributed by atoms with E-state index in [2.05, 4.69) is 31.1 Å². The summed E-state index contributed by atoms with van der Waals surface area (Å²) in [6.07, 6.45) is 3.93. The maximum Gasteiger partial charge on any atom is 0.323 e. The maximum atomic E-state index is 13.3. The molecule has 1 aromatic heterocycles. The monoisotopic (exact) mass is 544 g/mol. The van der Waals surface area contributed by atoms with E-state index in [-0.39, 0.29) is 17.4 Å². The topological polar surface area (TPSA) is 93.2 Å². The zero-order valence-electron chi connectivity index (χ0n) is 23.3. The van der Waals surface area contributed by atoms with Crippen molar-refractivity contribution in [2.45, 2.75) is 51.9 Å². The Kier molecular flexibility index (Phi) is 8.70. The number of carbonyl (C=O) groups excluding carboxylic acids is 2. The number of aromatic nitrogens is 1. The summed E-state index contributed by atoms with van der Waals surface area (Å²) in [5, 5.41) is 5.65. The van der Waals surface area contributed by atoms with Gasteiger partial charge < -0.3 is 24.0 Å². The smallest absolute Gasteiger partial charge is 0.323 e. The van der Waals surface area contributed by atoms with Crippen LogP contribution in [0.3, 0.4) is 0 Å². The fraction of sp³-hybridized carbons (Fsp3) is 0.607. The Labute approximate surface area is 229 Å². The van der Waals surface area contributed by atoms with E-state index in [9.17, 15) is 9.59 Å². The van der Waals surface area contributed by atoms with Gasteiger partial charge in [0, 0.05) is 42.5 Å². The van der Waals surface area contributed by atoms with Gasteiger partial charge >= 0.3 is 6.03 Å². The molecule has 3 heterocycles. The molecule has 38 heavy (non-hydrogen) atoms. The zero-order valence-corrected chi connectivity index (χ0v) is 24.2. The third-order valence-electron chi connectivity index (χ3n) is 7.72. The summed E-state index contributed by atoms with van der Waals surface area (Å²) in [5.74, 6) is 2.55. The lowest BCUT2D eigenvalue weighted by Crippen LogP contribution is -2.45. The number of hydrogen-bond acceptors (Lipinski definition) is 7. The second-order valence-corrected chi connectivity index (χ2v) is 11.9. The highest BCUT2D eigenvalue weighted by Crippen LogP contribution is 2.39. The predicted molar refractivity (Wildman–Crippen MR) is 149 cm³/mol. The molecule has 2 fully saturated rings. The minimum Gasteiger partial charge on any atom is -0.493 e. The van der Waals surface area contributed by atoms with E-state index in [0.29, 0.717) is 39.8 Å². The van der Waals surface area contributed by atoms with Crippen LogP contribution in [0.25, 0.3) is 0 Å². The number of likely N-dealkylation sites (tertiary alicyclic amines) is 2. The molecule has 2 aliphatic rings. The van der Waals surface area contributed by atoms with Crippen LogP contribution in [0.1, 0.15) is 62.5 Å². The van der Waals surface area contributed by atoms with Crippen molar-refractivity contribution in [2.24, 2.45) is 11.8 Å². The number of benzene rings is 1. The van der Waals surface area contributed by atoms with E-state index in [0.717, 1.165) is 57.6 Å². The van der Waals surface area contributed by atoms with Gasteiger partial charge in [0.2, 0.25) is 5.75 Å². The van der Waals surface area contributed by atoms with Crippen molar-refractivity contribution in [1.29, 1.82) is 0 Å². The van der Waals surface area contributed by atoms with Gasteiger partial charge in [0.15, 0.2) is 16.6 Å². The highest BCUT2D eigenvalue weighted by molar-refractivity contribution is 7.13. The molecular formula is C28H40N4O5S. The Morgan fingerprint density at radius 3 is 1.87 bits per heavy atom. The summed E-state index contributed by atoms with van der Waals surface area (Å²) in [7, 11) is 4.65. The van der Waals surface area contributed by atoms with E-state index < -0.39 is 0 Å². The van der Waals surface area contributed by atoms with E-state index in [1.54, 1.807) is 33.5 Å². The fourth-order valence-corrected chi connectivity index (χ4v) is 6.31. The number of carbonyl (C=O) groups is 2. The molecule has 2 aromatic rings. The summed E-state index contributed by atoms with van der Waals surface area (Å²) in [5.41, 5.74) is 1.49. The van der Waals surface area contributed by atoms with Crippen LogP contribution in [0.15, 0.2) is 17.5 Å². The van der Waals surface area contributed by atoms with Crippen LogP contribution in [0.2, 0.25) is 0 Å². The van der Waals surface area contributed by atoms with Crippen molar-refractivity contribution in [1.82, 2.24) is 14.8 Å². The van der Waals surface area contributed by atoms with Gasteiger partial charge in [-0.05, 0) is 49.7 Å². The Morgan fingerprint density at radius 2 is 1.42 bits per heavy atom. The average molecular weight is 545 g/mol. The van der Waals surface area contributed by atoms with E-state index in [1.165, 1.54) is 11.3 Å². The molecule has 0 bridgehead atoms. The number of thiazole rings is 1. The quantitative estimate of drug-likeness (QED) is 0.533. The van der Waals surface area contributed by atoms with E-state index >= 15 is 0 Å². The van der Waals surface area contributed by atoms with Crippen LogP contribution < -0.4 is 19.5 Å². The number of anilines is 1. The number of piperidine rings is 2. The first-order chi connectivity index (χ1) is 18.1. The molecule has 2 aliphatic heterocycles. The minimum absolute atomic E-state index is 0.0222. The molecule has 0 spiro atoms. The highest BCUT2D eigenvalue weighted by Gasteiger charge is 2.33. The number of nitrogens with one attached hydrogen (secondary N) is 1. The van der Waals surface area contributed by atoms with Crippen LogP contribution in [0.5, 0.6) is 17.2 Å². The van der Waals surface area contributed by atoms with Gasteiger partial charge in [0.25, 0.3) is 5.91 Å². The number of urea groups is 1. The summed E-state index contributed by atoms with van der Waals surface area (Å²) >= 11 is 1.48. The predicted octanol–water partition coefficient (Wildman–Crippen LogP) is 5.26. The lowest BCUT2D eigenvalue weighted by Gasteiger charge is -2.40. The van der Waals surface area contributed by atoms with E-state index in [4.69, 9.17) is 14.2 Å². The Morgan fingerprint density at radius 1 is 0.895 bits per heavy atom. The molecule has 0 atom stereocenters. The summed E-state index contributed by atoms with van der Waals surface area (Å²) < 4.78 is 16.2. The van der Waals surface area contributed by atoms with Crippen molar-refractivity contribution < 1.29 is 23.8 Å². The van der Waals surface area contributed by atoms with Crippen LogP contribution in [0.4, 0.5) is 9.93 Å². The molecule has 0 aliphatic carbocycles. The number of hydrogen-bond donors (Lipinski definition) is 1. The number of rotatable bonds is 6. The Balaban J connectivity index is 1.27. The number of ether oxygens (including phenoxy) is 3. The van der Waals surface area contributed by atoms with Crippen molar-refractivity contribution in [3.63, 3.8) is 0 Å². The molecule has 4 rings (SSSR count). The first kappa shape index (κ1) is 28.0. The van der Waals surface area contributed by atoms with Crippen LogP contribution in [0, 0.1) is 11.8 Å². The molecule has 9 nitrogen and oxygen atoms in total. The molecule has 0 unspecified atom stereocenters. The van der Waals surface area contributed by atoms with Crippen molar-refractivity contribution in [3.05, 3.63) is 28.8 Å². The molecule has 3 amide bonds. The minimum atomic E-state index is -0.0657. The third kappa shape index (κ3) is 6.17. The lowest BCUT2D eigenvalue weighted by molar-refractivity contribution is 0.0618. The fourth-order valence-electron chi connectivity index (χ4n) is 5.38. The SMILES string of the molecule is COc1cc(C(=O)N2CCC(C3CCN(C(=O)Nc4nc(C(C)(C)C)cs4)CC3)CC2)cc(OC)c1OC. The van der Waals surface area contributed by atoms with Gasteiger partial charge in [0.1, 0.15) is 0 Å². The van der Waals surface area contributed by atoms with Crippen molar-refractivity contribution in [3.8, 4) is 17.2 Å². The Bertz CT molecular complexity index is 1100. The Hall–Kier alpha value is -3.01. The molecule has 2 saturated heterocycles. The van der Waals surface area contributed by atoms with Gasteiger partial charge in [0.05, 0.1) is 27.0 Å². The van der Waals surface area contributed by atoms with Gasteiger partial charge in [-0.1, -0.05) is 20.8 Å². The standard InChI is InChI=1S/C28H40N4O5S/c1-28(2,3)23-17-38-26(29-23)30-27(34)32-13-9-19(10-14-32)18-7-11-31(12-8-18)25(33)20-15-21(35-4)24(37-6)22(16-20)36-5/h15-19H,7-14H2,1-6H3,(H,29,30,34). The maximum absolute atomic E-state index is 13.3. The van der Waals surface area contributed by atoms with Crippen LogP contribution in [-0.4, -0.2) is 74.2 Å². The van der Waals surface area contributed by atoms with E-state index in [1.807, 2.05) is 15.2 Å². The largest absolute Gasteiger partial charge is 0.493 e. The second kappa shape index (κ2) is 11.8. The van der Waals surface area contributed by atoms with Crippen LogP contribution in [-0.2, 0) is 5.41 Å². The lowest BCUT2D eigenvalue weighted by atomic mass is 9.79. The molecule has 10 heteroatoms. The first-order valence-corrected chi connectivity index (χ1v) is 14.1. The third-order valence-corrected chi connectivity index (χ3v) is 8.48. The highest BCUT2D eigenvalue weighted by atomic mass is 32.1. The molecular weight excluding hydrogens is 504 g/mol. The zero-order chi connectivity index (χ0) is 27.4. The van der Waals surface area contributed by atoms with Gasteiger partial charge in [-0.15, -0.1) is 11.3 Å². The van der Waals surface area contributed by atoms with Gasteiger partial charge in [-0.2, -0.15) is 0 Å². The molecule has 208 valence electrons. The van der Waals surface area contributed by atoms with Crippen LogP contribution >= 0.6 is 11.3 Å². The average Bonchev–Trinajstić information content (AvgIpc) is 3.41. The number of nitrogens with zero attached hydrogens (tertiary/aromatic N) is 3. The molecule has 0 radical (unpaired) electrons. The second-order valence-electron chi connectivity index (χ2n) is 11.1. The molecule has 1 N–H and O–H groups in total. The van der Waals surface area contributed by atoms with Crippen molar-refractivity contribution in [2.75, 3.05) is 52.8 Å². The number of methoxy groups -OCH3 is 3. The van der Waals surface area contributed by atoms with Gasteiger partial charge in [-0.3, -0.25) is 10.1 Å². The first-order valence-electron chi connectivity index (χ1n) is 13.3. The molecule has 0 saturated carbocycles. The molecule has 1 aromatic carbocycles. The summed E-state index contributed by atoms with van der Waals surface area (Å²) in [6, 6.07) is 3.36. The summed E-state index contributed by atoms with van der Waals surface area (Å²) in [6.45, 7) is 9.30. The van der Waals surface area contributed by atoms with Crippen molar-refractivity contribution >= 4 is 28.4 Å². The summed E-state index contributed by atoms with van der Waals surface area (Å²) in [4.78, 5) is 34.5. The van der Waals surface area contributed by atoms with Gasteiger partial charge in [-0.25, -0.2) is 9.78 Å².